The van der Waals surface area contributed by atoms with Gasteiger partial charge in [-0.2, -0.15) is 0 Å². The SMILES string of the molecule is CCN(CC)C(CO)c1cccc2ccoc12. The first kappa shape index (κ1) is 12.1. The van der Waals surface area contributed by atoms with E-state index in [2.05, 4.69) is 18.7 Å². The predicted octanol–water partition coefficient (Wildman–Crippen LogP) is 2.81. The van der Waals surface area contributed by atoms with E-state index in [4.69, 9.17) is 4.42 Å². The Kier molecular flexibility index (Phi) is 3.82. The van der Waals surface area contributed by atoms with Gasteiger partial charge in [0, 0.05) is 10.9 Å². The highest BCUT2D eigenvalue weighted by molar-refractivity contribution is 5.80. The van der Waals surface area contributed by atoms with Crippen molar-refractivity contribution >= 4 is 11.0 Å². The topological polar surface area (TPSA) is 36.6 Å². The van der Waals surface area contributed by atoms with Crippen LogP contribution in [0.3, 0.4) is 0 Å². The maximum atomic E-state index is 9.63. The number of hydrogen-bond donors (Lipinski definition) is 1. The molecule has 0 saturated heterocycles. The molecule has 92 valence electrons. The summed E-state index contributed by atoms with van der Waals surface area (Å²) in [6.45, 7) is 6.15. The zero-order valence-corrected chi connectivity index (χ0v) is 10.4. The molecule has 2 rings (SSSR count). The number of likely N-dealkylation sites (N-methyl/N-ethyl adjacent to an activating group) is 1. The van der Waals surface area contributed by atoms with Crippen molar-refractivity contribution in [2.24, 2.45) is 0 Å². The number of fused-ring (bicyclic) bond motifs is 1. The summed E-state index contributed by atoms with van der Waals surface area (Å²) in [6, 6.07) is 8.04. The summed E-state index contributed by atoms with van der Waals surface area (Å²) in [5.74, 6) is 0. The van der Waals surface area contributed by atoms with Gasteiger partial charge in [-0.05, 0) is 19.2 Å². The summed E-state index contributed by atoms with van der Waals surface area (Å²) >= 11 is 0. The molecule has 1 aromatic heterocycles. The molecule has 1 aromatic carbocycles. The number of nitrogens with zero attached hydrogens (tertiary/aromatic N) is 1. The molecule has 0 aliphatic heterocycles. The van der Waals surface area contributed by atoms with Crippen molar-refractivity contribution in [3.8, 4) is 0 Å². The van der Waals surface area contributed by atoms with Crippen molar-refractivity contribution < 1.29 is 9.52 Å². The molecule has 1 heterocycles. The van der Waals surface area contributed by atoms with Crippen LogP contribution < -0.4 is 0 Å². The van der Waals surface area contributed by atoms with Crippen molar-refractivity contribution in [3.63, 3.8) is 0 Å². The van der Waals surface area contributed by atoms with E-state index < -0.39 is 0 Å². The molecule has 0 radical (unpaired) electrons. The lowest BCUT2D eigenvalue weighted by Crippen LogP contribution is -2.30. The lowest BCUT2D eigenvalue weighted by molar-refractivity contribution is 0.134. The number of aliphatic hydroxyl groups excluding tert-OH is 1. The van der Waals surface area contributed by atoms with Crippen molar-refractivity contribution in [3.05, 3.63) is 36.1 Å². The molecular formula is C14H19NO2. The minimum Gasteiger partial charge on any atom is -0.464 e. The van der Waals surface area contributed by atoms with Gasteiger partial charge in [0.05, 0.1) is 18.9 Å². The van der Waals surface area contributed by atoms with Gasteiger partial charge in [0.1, 0.15) is 5.58 Å². The minimum atomic E-state index is 0.0137. The minimum absolute atomic E-state index is 0.0137. The van der Waals surface area contributed by atoms with Crippen LogP contribution in [0.15, 0.2) is 34.9 Å². The largest absolute Gasteiger partial charge is 0.464 e. The molecule has 0 saturated carbocycles. The van der Waals surface area contributed by atoms with Crippen LogP contribution in [0.1, 0.15) is 25.5 Å². The van der Waals surface area contributed by atoms with E-state index in [1.54, 1.807) is 6.26 Å². The molecule has 1 unspecified atom stereocenters. The molecule has 0 aliphatic rings. The van der Waals surface area contributed by atoms with Gasteiger partial charge in [0.25, 0.3) is 0 Å². The Balaban J connectivity index is 2.45. The maximum Gasteiger partial charge on any atom is 0.138 e. The third kappa shape index (κ3) is 2.21. The van der Waals surface area contributed by atoms with E-state index in [0.717, 1.165) is 29.6 Å². The van der Waals surface area contributed by atoms with Crippen LogP contribution in [0.2, 0.25) is 0 Å². The fourth-order valence-electron chi connectivity index (χ4n) is 2.35. The average molecular weight is 233 g/mol. The average Bonchev–Trinajstić information content (AvgIpc) is 2.84. The van der Waals surface area contributed by atoms with Gasteiger partial charge in [0.15, 0.2) is 0 Å². The van der Waals surface area contributed by atoms with Crippen LogP contribution in [-0.4, -0.2) is 29.7 Å². The highest BCUT2D eigenvalue weighted by Crippen LogP contribution is 2.28. The highest BCUT2D eigenvalue weighted by atomic mass is 16.3. The van der Waals surface area contributed by atoms with Gasteiger partial charge in [-0.15, -0.1) is 0 Å². The Morgan fingerprint density at radius 3 is 2.65 bits per heavy atom. The van der Waals surface area contributed by atoms with Gasteiger partial charge in [-0.1, -0.05) is 32.0 Å². The highest BCUT2D eigenvalue weighted by Gasteiger charge is 2.20. The Hall–Kier alpha value is -1.32. The smallest absolute Gasteiger partial charge is 0.138 e. The maximum absolute atomic E-state index is 9.63. The Labute approximate surface area is 102 Å². The van der Waals surface area contributed by atoms with E-state index in [1.165, 1.54) is 0 Å². The van der Waals surface area contributed by atoms with Gasteiger partial charge < -0.3 is 9.52 Å². The van der Waals surface area contributed by atoms with E-state index in [9.17, 15) is 5.11 Å². The second-order valence-electron chi connectivity index (χ2n) is 4.11. The lowest BCUT2D eigenvalue weighted by Gasteiger charge is -2.28. The van der Waals surface area contributed by atoms with Crippen LogP contribution in [0.4, 0.5) is 0 Å². The molecule has 2 aromatic rings. The number of furan rings is 1. The van der Waals surface area contributed by atoms with Crippen molar-refractivity contribution in [1.82, 2.24) is 4.90 Å². The Morgan fingerprint density at radius 2 is 2.00 bits per heavy atom. The quantitative estimate of drug-likeness (QED) is 0.862. The second-order valence-corrected chi connectivity index (χ2v) is 4.11. The molecule has 3 nitrogen and oxygen atoms in total. The third-order valence-electron chi connectivity index (χ3n) is 3.29. The van der Waals surface area contributed by atoms with Crippen LogP contribution in [-0.2, 0) is 0 Å². The molecule has 0 aliphatic carbocycles. The van der Waals surface area contributed by atoms with Gasteiger partial charge in [0.2, 0.25) is 0 Å². The molecule has 3 heteroatoms. The van der Waals surface area contributed by atoms with Gasteiger partial charge in [-0.25, -0.2) is 0 Å². The summed E-state index contributed by atoms with van der Waals surface area (Å²) in [4.78, 5) is 2.23. The molecular weight excluding hydrogens is 214 g/mol. The Bertz CT molecular complexity index is 474. The number of benzene rings is 1. The summed E-state index contributed by atoms with van der Waals surface area (Å²) in [5, 5.41) is 10.7. The third-order valence-corrected chi connectivity index (χ3v) is 3.29. The number of rotatable bonds is 5. The summed E-state index contributed by atoms with van der Waals surface area (Å²) in [5.41, 5.74) is 1.96. The fraction of sp³-hybridized carbons (Fsp3) is 0.429. The molecule has 0 bridgehead atoms. The first-order valence-electron chi connectivity index (χ1n) is 6.12. The van der Waals surface area contributed by atoms with E-state index in [-0.39, 0.29) is 12.6 Å². The lowest BCUT2D eigenvalue weighted by atomic mass is 10.0. The van der Waals surface area contributed by atoms with Crippen LogP contribution in [0, 0.1) is 0 Å². The van der Waals surface area contributed by atoms with Gasteiger partial charge >= 0.3 is 0 Å². The monoisotopic (exact) mass is 233 g/mol. The predicted molar refractivity (Wildman–Crippen MR) is 69.0 cm³/mol. The molecule has 0 amide bonds. The Morgan fingerprint density at radius 1 is 1.24 bits per heavy atom. The fourth-order valence-corrected chi connectivity index (χ4v) is 2.35. The standard InChI is InChI=1S/C14H19NO2/c1-3-15(4-2)13(10-16)12-7-5-6-11-8-9-17-14(11)12/h5-9,13,16H,3-4,10H2,1-2H3. The zero-order valence-electron chi connectivity index (χ0n) is 10.4. The summed E-state index contributed by atoms with van der Waals surface area (Å²) in [7, 11) is 0. The zero-order chi connectivity index (χ0) is 12.3. The number of hydrogen-bond acceptors (Lipinski definition) is 3. The second kappa shape index (κ2) is 5.34. The number of para-hydroxylation sites is 1. The molecule has 0 fully saturated rings. The van der Waals surface area contributed by atoms with Crippen molar-refractivity contribution in [2.75, 3.05) is 19.7 Å². The molecule has 17 heavy (non-hydrogen) atoms. The molecule has 1 N–H and O–H groups in total. The van der Waals surface area contributed by atoms with Crippen molar-refractivity contribution in [1.29, 1.82) is 0 Å². The first-order chi connectivity index (χ1) is 8.31. The molecule has 1 atom stereocenters. The van der Waals surface area contributed by atoms with Crippen LogP contribution in [0.25, 0.3) is 11.0 Å². The van der Waals surface area contributed by atoms with Crippen LogP contribution >= 0.6 is 0 Å². The summed E-state index contributed by atoms with van der Waals surface area (Å²) in [6.07, 6.45) is 1.70. The van der Waals surface area contributed by atoms with E-state index in [0.29, 0.717) is 0 Å². The normalized spacial score (nSPS) is 13.4. The van der Waals surface area contributed by atoms with Crippen molar-refractivity contribution in [2.45, 2.75) is 19.9 Å². The van der Waals surface area contributed by atoms with E-state index >= 15 is 0 Å². The van der Waals surface area contributed by atoms with E-state index in [1.807, 2.05) is 24.3 Å². The first-order valence-corrected chi connectivity index (χ1v) is 6.12. The summed E-state index contributed by atoms with van der Waals surface area (Å²) < 4.78 is 5.53. The number of aliphatic hydroxyl groups is 1. The van der Waals surface area contributed by atoms with Crippen LogP contribution in [0.5, 0.6) is 0 Å². The van der Waals surface area contributed by atoms with Gasteiger partial charge in [-0.3, -0.25) is 4.90 Å². The molecule has 0 spiro atoms.